The van der Waals surface area contributed by atoms with Crippen LogP contribution in [0.15, 0.2) is 18.2 Å². The molecule has 3 heterocycles. The van der Waals surface area contributed by atoms with Gasteiger partial charge in [-0.3, -0.25) is 4.79 Å². The third-order valence-electron chi connectivity index (χ3n) is 4.98. The summed E-state index contributed by atoms with van der Waals surface area (Å²) in [7, 11) is 0. The summed E-state index contributed by atoms with van der Waals surface area (Å²) in [5.74, 6) is 0.772. The highest BCUT2D eigenvalue weighted by atomic mass is 32.1. The second-order valence-electron chi connectivity index (χ2n) is 6.82. The predicted octanol–water partition coefficient (Wildman–Crippen LogP) is 3.22. The van der Waals surface area contributed by atoms with Crippen LogP contribution in [0.1, 0.15) is 32.1 Å². The number of hydrogen-bond donors (Lipinski definition) is 2. The minimum Gasteiger partial charge on any atom is -0.348 e. The molecule has 1 aromatic heterocycles. The Morgan fingerprint density at radius 1 is 1.38 bits per heavy atom. The summed E-state index contributed by atoms with van der Waals surface area (Å²) in [6.07, 6.45) is 5.29. The van der Waals surface area contributed by atoms with Crippen molar-refractivity contribution in [3.05, 3.63) is 18.2 Å². The molecule has 1 unspecified atom stereocenters. The average molecular weight is 344 g/mol. The van der Waals surface area contributed by atoms with E-state index in [4.69, 9.17) is 4.98 Å². The van der Waals surface area contributed by atoms with Crippen molar-refractivity contribution < 1.29 is 4.79 Å². The standard InChI is InChI=1S/C18H24N4OS/c23-17(6-3-13-7-8-19-12-13)20-14-4-5-15-16(11-14)24-18(21-15)22-9-1-2-10-22/h4-5,11,13,19H,1-3,6-10,12H2,(H,20,23). The van der Waals surface area contributed by atoms with E-state index < -0.39 is 0 Å². The maximum absolute atomic E-state index is 12.2. The minimum absolute atomic E-state index is 0.116. The zero-order valence-electron chi connectivity index (χ0n) is 13.9. The number of carbonyl (C=O) groups is 1. The number of nitrogens with one attached hydrogen (secondary N) is 2. The van der Waals surface area contributed by atoms with Crippen LogP contribution in [0.4, 0.5) is 10.8 Å². The van der Waals surface area contributed by atoms with Crippen LogP contribution in [0.2, 0.25) is 0 Å². The zero-order valence-corrected chi connectivity index (χ0v) is 14.7. The molecule has 2 aliphatic rings. The number of benzene rings is 1. The molecule has 24 heavy (non-hydrogen) atoms. The van der Waals surface area contributed by atoms with E-state index in [1.165, 1.54) is 19.3 Å². The molecule has 128 valence electrons. The van der Waals surface area contributed by atoms with Crippen LogP contribution < -0.4 is 15.5 Å². The highest BCUT2D eigenvalue weighted by Gasteiger charge is 2.17. The first kappa shape index (κ1) is 15.8. The Bertz CT molecular complexity index is 717. The molecule has 1 amide bonds. The van der Waals surface area contributed by atoms with Crippen LogP contribution in [-0.4, -0.2) is 37.1 Å². The van der Waals surface area contributed by atoms with Crippen molar-refractivity contribution in [1.29, 1.82) is 0 Å². The van der Waals surface area contributed by atoms with Gasteiger partial charge in [-0.15, -0.1) is 0 Å². The van der Waals surface area contributed by atoms with E-state index in [0.29, 0.717) is 12.3 Å². The van der Waals surface area contributed by atoms with E-state index in [2.05, 4.69) is 21.6 Å². The lowest BCUT2D eigenvalue weighted by atomic mass is 10.0. The van der Waals surface area contributed by atoms with E-state index in [9.17, 15) is 4.79 Å². The largest absolute Gasteiger partial charge is 0.348 e. The number of carbonyl (C=O) groups excluding carboxylic acids is 1. The van der Waals surface area contributed by atoms with E-state index >= 15 is 0 Å². The van der Waals surface area contributed by atoms with Gasteiger partial charge >= 0.3 is 0 Å². The summed E-state index contributed by atoms with van der Waals surface area (Å²) >= 11 is 1.72. The van der Waals surface area contributed by atoms with Crippen molar-refractivity contribution in [2.75, 3.05) is 36.4 Å². The molecule has 2 aliphatic heterocycles. The van der Waals surface area contributed by atoms with Gasteiger partial charge in [-0.1, -0.05) is 11.3 Å². The smallest absolute Gasteiger partial charge is 0.224 e. The molecule has 4 rings (SSSR count). The van der Waals surface area contributed by atoms with Gasteiger partial charge in [-0.05, 0) is 62.9 Å². The molecule has 0 radical (unpaired) electrons. The first-order valence-corrected chi connectivity index (χ1v) is 9.76. The SMILES string of the molecule is O=C(CCC1CCNC1)Nc1ccc2nc(N3CCCC3)sc2c1. The molecular weight excluding hydrogens is 320 g/mol. The first-order chi connectivity index (χ1) is 11.8. The van der Waals surface area contributed by atoms with Gasteiger partial charge in [0.05, 0.1) is 10.2 Å². The Morgan fingerprint density at radius 2 is 2.25 bits per heavy atom. The fraction of sp³-hybridized carbons (Fsp3) is 0.556. The molecule has 2 N–H and O–H groups in total. The Kier molecular flexibility index (Phi) is 4.67. The molecule has 1 aromatic carbocycles. The van der Waals surface area contributed by atoms with Gasteiger partial charge < -0.3 is 15.5 Å². The maximum atomic E-state index is 12.2. The van der Waals surface area contributed by atoms with Crippen LogP contribution >= 0.6 is 11.3 Å². The fourth-order valence-corrected chi connectivity index (χ4v) is 4.61. The summed E-state index contributed by atoms with van der Waals surface area (Å²) in [6.45, 7) is 4.37. The van der Waals surface area contributed by atoms with Gasteiger partial charge in [0.15, 0.2) is 5.13 Å². The lowest BCUT2D eigenvalue weighted by molar-refractivity contribution is -0.116. The van der Waals surface area contributed by atoms with Crippen LogP contribution in [0.5, 0.6) is 0 Å². The monoisotopic (exact) mass is 344 g/mol. The quantitative estimate of drug-likeness (QED) is 0.874. The summed E-state index contributed by atoms with van der Waals surface area (Å²) < 4.78 is 1.15. The van der Waals surface area contributed by atoms with Crippen LogP contribution in [0.25, 0.3) is 10.2 Å². The van der Waals surface area contributed by atoms with Crippen LogP contribution in [-0.2, 0) is 4.79 Å². The molecule has 0 aliphatic carbocycles. The molecule has 1 atom stereocenters. The summed E-state index contributed by atoms with van der Waals surface area (Å²) in [5, 5.41) is 7.50. The Balaban J connectivity index is 1.39. The molecule has 5 nitrogen and oxygen atoms in total. The number of aromatic nitrogens is 1. The van der Waals surface area contributed by atoms with E-state index in [-0.39, 0.29) is 5.91 Å². The lowest BCUT2D eigenvalue weighted by Gasteiger charge is -2.11. The molecule has 2 fully saturated rings. The van der Waals surface area contributed by atoms with Crippen molar-refractivity contribution in [1.82, 2.24) is 10.3 Å². The van der Waals surface area contributed by atoms with Crippen LogP contribution in [0, 0.1) is 5.92 Å². The van der Waals surface area contributed by atoms with Crippen molar-refractivity contribution in [2.45, 2.75) is 32.1 Å². The van der Waals surface area contributed by atoms with Gasteiger partial charge in [-0.2, -0.15) is 0 Å². The number of thiazole rings is 1. The van der Waals surface area contributed by atoms with Gasteiger partial charge in [0.25, 0.3) is 0 Å². The summed E-state index contributed by atoms with van der Waals surface area (Å²) in [6, 6.07) is 6.04. The number of amides is 1. The molecular formula is C18H24N4OS. The Morgan fingerprint density at radius 3 is 3.04 bits per heavy atom. The first-order valence-electron chi connectivity index (χ1n) is 8.94. The maximum Gasteiger partial charge on any atom is 0.224 e. The highest BCUT2D eigenvalue weighted by Crippen LogP contribution is 2.32. The normalized spacial score (nSPS) is 20.8. The number of fused-ring (bicyclic) bond motifs is 1. The molecule has 0 bridgehead atoms. The highest BCUT2D eigenvalue weighted by molar-refractivity contribution is 7.22. The number of anilines is 2. The lowest BCUT2D eigenvalue weighted by Crippen LogP contribution is -2.16. The average Bonchev–Trinajstić information content (AvgIpc) is 3.32. The number of rotatable bonds is 5. The van der Waals surface area contributed by atoms with Crippen molar-refractivity contribution in [2.24, 2.45) is 5.92 Å². The molecule has 0 saturated carbocycles. The second kappa shape index (κ2) is 7.07. The molecule has 0 spiro atoms. The van der Waals surface area contributed by atoms with Gasteiger partial charge in [0.2, 0.25) is 5.91 Å². The minimum atomic E-state index is 0.116. The van der Waals surface area contributed by atoms with Gasteiger partial charge in [0, 0.05) is 25.2 Å². The van der Waals surface area contributed by atoms with Crippen molar-refractivity contribution in [3.63, 3.8) is 0 Å². The van der Waals surface area contributed by atoms with Gasteiger partial charge in [0.1, 0.15) is 0 Å². The number of hydrogen-bond acceptors (Lipinski definition) is 5. The van der Waals surface area contributed by atoms with E-state index in [1.54, 1.807) is 11.3 Å². The predicted molar refractivity (Wildman–Crippen MR) is 99.9 cm³/mol. The van der Waals surface area contributed by atoms with Crippen molar-refractivity contribution >= 4 is 38.3 Å². The van der Waals surface area contributed by atoms with Gasteiger partial charge in [-0.25, -0.2) is 4.98 Å². The van der Waals surface area contributed by atoms with Crippen molar-refractivity contribution in [3.8, 4) is 0 Å². The van der Waals surface area contributed by atoms with E-state index in [1.807, 2.05) is 12.1 Å². The second-order valence-corrected chi connectivity index (χ2v) is 7.83. The Hall–Kier alpha value is -1.66. The molecule has 2 saturated heterocycles. The zero-order chi connectivity index (χ0) is 16.4. The third-order valence-corrected chi connectivity index (χ3v) is 6.06. The Labute approximate surface area is 146 Å². The third kappa shape index (κ3) is 3.54. The summed E-state index contributed by atoms with van der Waals surface area (Å²) in [4.78, 5) is 19.3. The van der Waals surface area contributed by atoms with Crippen LogP contribution in [0.3, 0.4) is 0 Å². The molecule has 2 aromatic rings. The summed E-state index contributed by atoms with van der Waals surface area (Å²) in [5.41, 5.74) is 1.91. The topological polar surface area (TPSA) is 57.3 Å². The number of nitrogens with zero attached hydrogens (tertiary/aromatic N) is 2. The molecule has 6 heteroatoms. The van der Waals surface area contributed by atoms with E-state index in [0.717, 1.165) is 53.6 Å². The fourth-order valence-electron chi connectivity index (χ4n) is 3.55.